The van der Waals surface area contributed by atoms with Crippen LogP contribution in [0.3, 0.4) is 0 Å². The van der Waals surface area contributed by atoms with Gasteiger partial charge in [-0.1, -0.05) is 17.7 Å². The number of hydrogen-bond acceptors (Lipinski definition) is 3. The van der Waals surface area contributed by atoms with Gasteiger partial charge in [0.25, 0.3) is 5.56 Å². The van der Waals surface area contributed by atoms with Crippen LogP contribution in [-0.2, 0) is 25.9 Å². The van der Waals surface area contributed by atoms with Crippen LogP contribution >= 0.6 is 11.6 Å². The molecule has 1 saturated carbocycles. The van der Waals surface area contributed by atoms with Crippen LogP contribution in [0.25, 0.3) is 0 Å². The van der Waals surface area contributed by atoms with Gasteiger partial charge < -0.3 is 4.98 Å². The van der Waals surface area contributed by atoms with Crippen molar-refractivity contribution in [3.63, 3.8) is 0 Å². The maximum absolute atomic E-state index is 14.2. The summed E-state index contributed by atoms with van der Waals surface area (Å²) < 4.78 is 14.2. The minimum absolute atomic E-state index is 0.0138. The van der Waals surface area contributed by atoms with Crippen LogP contribution in [0.4, 0.5) is 4.39 Å². The Hall–Kier alpha value is -1.72. The Balaban J connectivity index is 1.57. The van der Waals surface area contributed by atoms with Gasteiger partial charge in [-0.15, -0.1) is 0 Å². The molecule has 4 nitrogen and oxygen atoms in total. The second-order valence-electron chi connectivity index (χ2n) is 7.20. The third-order valence-corrected chi connectivity index (χ3v) is 5.67. The van der Waals surface area contributed by atoms with Gasteiger partial charge in [-0.25, -0.2) is 9.37 Å². The lowest BCUT2D eigenvalue weighted by Gasteiger charge is -2.28. The lowest BCUT2D eigenvalue weighted by Crippen LogP contribution is -2.35. The maximum Gasteiger partial charge on any atom is 0.254 e. The van der Waals surface area contributed by atoms with Crippen molar-refractivity contribution in [3.05, 3.63) is 61.5 Å². The van der Waals surface area contributed by atoms with Crippen LogP contribution in [0.5, 0.6) is 0 Å². The van der Waals surface area contributed by atoms with Crippen molar-refractivity contribution in [2.24, 2.45) is 5.92 Å². The standard InChI is InChI=1S/C19H21ClFN3O/c1-11-2-5-15(21)14(18(11)20)9-24-7-6-13-16(10-24)22-17(23-19(13)25)8-12-3-4-12/h2,5,12H,3-4,6-10H2,1H3,(H,22,23,25). The molecule has 2 aliphatic rings. The van der Waals surface area contributed by atoms with E-state index in [0.717, 1.165) is 29.1 Å². The Labute approximate surface area is 151 Å². The number of fused-ring (bicyclic) bond motifs is 1. The summed E-state index contributed by atoms with van der Waals surface area (Å²) in [6.45, 7) is 3.56. The zero-order valence-corrected chi connectivity index (χ0v) is 15.0. The third-order valence-electron chi connectivity index (χ3n) is 5.14. The molecule has 2 heterocycles. The Morgan fingerprint density at radius 1 is 1.40 bits per heavy atom. The Morgan fingerprint density at radius 3 is 2.96 bits per heavy atom. The summed E-state index contributed by atoms with van der Waals surface area (Å²) in [6, 6.07) is 3.16. The molecule has 0 amide bonds. The molecule has 0 spiro atoms. The van der Waals surface area contributed by atoms with Gasteiger partial charge >= 0.3 is 0 Å². The number of halogens is 2. The number of hydrogen-bond donors (Lipinski definition) is 1. The summed E-state index contributed by atoms with van der Waals surface area (Å²) in [5.41, 5.74) is 2.98. The molecule has 2 aromatic rings. The van der Waals surface area contributed by atoms with Crippen molar-refractivity contribution in [3.8, 4) is 0 Å². The van der Waals surface area contributed by atoms with E-state index in [0.29, 0.717) is 42.6 Å². The fourth-order valence-corrected chi connectivity index (χ4v) is 3.67. The molecular formula is C19H21ClFN3O. The van der Waals surface area contributed by atoms with Gasteiger partial charge in [-0.2, -0.15) is 0 Å². The van der Waals surface area contributed by atoms with E-state index in [1.54, 1.807) is 6.07 Å². The molecular weight excluding hydrogens is 341 g/mol. The molecule has 0 atom stereocenters. The van der Waals surface area contributed by atoms with E-state index in [9.17, 15) is 9.18 Å². The first-order chi connectivity index (χ1) is 12.0. The molecule has 1 aromatic heterocycles. The van der Waals surface area contributed by atoms with Crippen molar-refractivity contribution in [2.75, 3.05) is 6.54 Å². The quantitative estimate of drug-likeness (QED) is 0.908. The van der Waals surface area contributed by atoms with E-state index in [4.69, 9.17) is 11.6 Å². The third kappa shape index (κ3) is 3.48. The van der Waals surface area contributed by atoms with E-state index < -0.39 is 0 Å². The van der Waals surface area contributed by atoms with E-state index in [-0.39, 0.29) is 11.4 Å². The van der Waals surface area contributed by atoms with Gasteiger partial charge in [0.15, 0.2) is 0 Å². The number of nitrogens with zero attached hydrogens (tertiary/aromatic N) is 2. The van der Waals surface area contributed by atoms with E-state index in [1.807, 2.05) is 6.92 Å². The number of aromatic nitrogens is 2. The Bertz CT molecular complexity index is 876. The summed E-state index contributed by atoms with van der Waals surface area (Å²) in [6.07, 6.45) is 3.92. The largest absolute Gasteiger partial charge is 0.310 e. The lowest BCUT2D eigenvalue weighted by molar-refractivity contribution is 0.237. The number of nitrogens with one attached hydrogen (secondary N) is 1. The minimum atomic E-state index is -0.283. The number of aryl methyl sites for hydroxylation is 1. The van der Waals surface area contributed by atoms with Crippen molar-refractivity contribution in [2.45, 2.75) is 45.7 Å². The molecule has 4 rings (SSSR count). The zero-order valence-electron chi connectivity index (χ0n) is 14.2. The van der Waals surface area contributed by atoms with Crippen LogP contribution < -0.4 is 5.56 Å². The summed E-state index contributed by atoms with van der Waals surface area (Å²) in [7, 11) is 0. The highest BCUT2D eigenvalue weighted by atomic mass is 35.5. The Kier molecular flexibility index (Phi) is 4.38. The highest BCUT2D eigenvalue weighted by Crippen LogP contribution is 2.32. The number of H-pyrrole nitrogens is 1. The van der Waals surface area contributed by atoms with Crippen LogP contribution in [0.2, 0.25) is 5.02 Å². The number of rotatable bonds is 4. The van der Waals surface area contributed by atoms with Crippen LogP contribution in [-0.4, -0.2) is 21.4 Å². The van der Waals surface area contributed by atoms with Gasteiger partial charge in [0, 0.05) is 37.2 Å². The molecule has 1 N–H and O–H groups in total. The van der Waals surface area contributed by atoms with Crippen LogP contribution in [0.1, 0.15) is 41.1 Å². The first kappa shape index (κ1) is 16.7. The molecule has 0 unspecified atom stereocenters. The highest BCUT2D eigenvalue weighted by Gasteiger charge is 2.26. The van der Waals surface area contributed by atoms with Crippen molar-refractivity contribution in [1.29, 1.82) is 0 Å². The predicted octanol–water partition coefficient (Wildman–Crippen LogP) is 3.38. The summed E-state index contributed by atoms with van der Waals surface area (Å²) in [5, 5.41) is 0.485. The average molecular weight is 362 g/mol. The number of benzene rings is 1. The van der Waals surface area contributed by atoms with E-state index in [2.05, 4.69) is 14.9 Å². The molecule has 1 fully saturated rings. The minimum Gasteiger partial charge on any atom is -0.310 e. The van der Waals surface area contributed by atoms with Gasteiger partial charge in [0.1, 0.15) is 11.6 Å². The van der Waals surface area contributed by atoms with E-state index in [1.165, 1.54) is 18.9 Å². The van der Waals surface area contributed by atoms with Crippen LogP contribution in [0, 0.1) is 18.7 Å². The first-order valence-electron chi connectivity index (χ1n) is 8.78. The maximum atomic E-state index is 14.2. The molecule has 0 bridgehead atoms. The van der Waals surface area contributed by atoms with Crippen LogP contribution in [0.15, 0.2) is 16.9 Å². The summed E-state index contributed by atoms with van der Waals surface area (Å²) in [4.78, 5) is 22.0. The Morgan fingerprint density at radius 2 is 2.20 bits per heavy atom. The lowest BCUT2D eigenvalue weighted by atomic mass is 10.0. The van der Waals surface area contributed by atoms with E-state index >= 15 is 0 Å². The molecule has 1 aliphatic heterocycles. The molecule has 6 heteroatoms. The van der Waals surface area contributed by atoms with Gasteiger partial charge in [0.2, 0.25) is 0 Å². The van der Waals surface area contributed by atoms with Crippen molar-refractivity contribution in [1.82, 2.24) is 14.9 Å². The SMILES string of the molecule is Cc1ccc(F)c(CN2CCc3c(nc(CC4CC4)[nH]c3=O)C2)c1Cl. The molecule has 25 heavy (non-hydrogen) atoms. The fourth-order valence-electron chi connectivity index (χ4n) is 3.46. The summed E-state index contributed by atoms with van der Waals surface area (Å²) >= 11 is 6.30. The molecule has 1 aromatic carbocycles. The highest BCUT2D eigenvalue weighted by molar-refractivity contribution is 6.32. The monoisotopic (exact) mass is 361 g/mol. The topological polar surface area (TPSA) is 49.0 Å². The second kappa shape index (κ2) is 6.54. The zero-order chi connectivity index (χ0) is 17.6. The first-order valence-corrected chi connectivity index (χ1v) is 9.16. The molecule has 0 saturated heterocycles. The summed E-state index contributed by atoms with van der Waals surface area (Å²) in [5.74, 6) is 1.17. The average Bonchev–Trinajstić information content (AvgIpc) is 3.39. The van der Waals surface area contributed by atoms with Gasteiger partial charge in [-0.3, -0.25) is 9.69 Å². The smallest absolute Gasteiger partial charge is 0.254 e. The van der Waals surface area contributed by atoms with Gasteiger partial charge in [-0.05, 0) is 43.7 Å². The van der Waals surface area contributed by atoms with Gasteiger partial charge in [0.05, 0.1) is 10.7 Å². The molecule has 1 aliphatic carbocycles. The number of aromatic amines is 1. The molecule has 132 valence electrons. The predicted molar refractivity (Wildman–Crippen MR) is 95.3 cm³/mol. The second-order valence-corrected chi connectivity index (χ2v) is 7.58. The molecule has 0 radical (unpaired) electrons. The fraction of sp³-hybridized carbons (Fsp3) is 0.474. The van der Waals surface area contributed by atoms with Crippen molar-refractivity contribution >= 4 is 11.6 Å². The normalized spacial score (nSPS) is 17.6. The van der Waals surface area contributed by atoms with Crippen molar-refractivity contribution < 1.29 is 4.39 Å².